The van der Waals surface area contributed by atoms with E-state index < -0.39 is 32.4 Å². The fraction of sp³-hybridized carbons (Fsp3) is 0.300. The molecule has 9 N–H and O–H groups in total. The van der Waals surface area contributed by atoms with Crippen molar-refractivity contribution in [2.45, 2.75) is 25.9 Å². The van der Waals surface area contributed by atoms with E-state index in [-0.39, 0.29) is 12.5 Å². The van der Waals surface area contributed by atoms with Gasteiger partial charge < -0.3 is 37.0 Å². The van der Waals surface area contributed by atoms with Gasteiger partial charge in [-0.15, -0.1) is 0 Å². The van der Waals surface area contributed by atoms with E-state index in [9.17, 15) is 14.2 Å². The molecule has 0 saturated heterocycles. The molecule has 2 aromatic carbocycles. The molecule has 0 spiro atoms. The number of phosphoric acid groups is 1. The van der Waals surface area contributed by atoms with Gasteiger partial charge in [0.05, 0.1) is 13.2 Å². The molecule has 0 heterocycles. The van der Waals surface area contributed by atoms with Crippen molar-refractivity contribution in [3.63, 3.8) is 0 Å². The number of aliphatic hydroxyl groups is 1. The first-order chi connectivity index (χ1) is 14.9. The van der Waals surface area contributed by atoms with Gasteiger partial charge in [0.15, 0.2) is 0 Å². The van der Waals surface area contributed by atoms with Crippen molar-refractivity contribution in [3.8, 4) is 0 Å². The van der Waals surface area contributed by atoms with Gasteiger partial charge in [0, 0.05) is 11.4 Å². The van der Waals surface area contributed by atoms with Gasteiger partial charge in [-0.25, -0.2) is 4.57 Å². The van der Waals surface area contributed by atoms with Crippen LogP contribution in [0.5, 0.6) is 0 Å². The van der Waals surface area contributed by atoms with Gasteiger partial charge in [0.25, 0.3) is 0 Å². The second-order valence-corrected chi connectivity index (χ2v) is 8.14. The van der Waals surface area contributed by atoms with Crippen molar-refractivity contribution in [1.29, 1.82) is 0 Å². The van der Waals surface area contributed by atoms with Crippen LogP contribution in [0.25, 0.3) is 0 Å². The first kappa shape index (κ1) is 27.4. The molecule has 0 aliphatic heterocycles. The molecule has 11 nitrogen and oxygen atoms in total. The Balaban J connectivity index is 0.000000330. The third-order valence-electron chi connectivity index (χ3n) is 3.86. The predicted octanol–water partition coefficient (Wildman–Crippen LogP) is 0.623. The summed E-state index contributed by atoms with van der Waals surface area (Å²) in [5.41, 5.74) is 14.0. The Morgan fingerprint density at radius 3 is 1.75 bits per heavy atom. The van der Waals surface area contributed by atoms with E-state index in [1.54, 1.807) is 24.3 Å². The molecule has 0 saturated carbocycles. The zero-order chi connectivity index (χ0) is 24.3. The van der Waals surface area contributed by atoms with E-state index in [4.69, 9.17) is 26.4 Å². The third-order valence-corrected chi connectivity index (χ3v) is 4.35. The summed E-state index contributed by atoms with van der Waals surface area (Å²) in [6.45, 7) is 2.90. The topological polar surface area (TPSA) is 197 Å². The minimum atomic E-state index is -4.61. The first-order valence-electron chi connectivity index (χ1n) is 9.48. The lowest BCUT2D eigenvalue weighted by molar-refractivity contribution is -0.118. The Bertz CT molecular complexity index is 951. The highest BCUT2D eigenvalue weighted by Crippen LogP contribution is 2.35. The van der Waals surface area contributed by atoms with Gasteiger partial charge in [-0.2, -0.15) is 0 Å². The number of phosphoric ester groups is 1. The molecule has 2 aromatic rings. The first-order valence-corrected chi connectivity index (χ1v) is 11.0. The van der Waals surface area contributed by atoms with Crippen molar-refractivity contribution in [2.75, 3.05) is 23.8 Å². The molecule has 0 radical (unpaired) electrons. The summed E-state index contributed by atoms with van der Waals surface area (Å²) in [5.74, 6) is -0.952. The van der Waals surface area contributed by atoms with Gasteiger partial charge in [-0.05, 0) is 49.2 Å². The maximum absolute atomic E-state index is 11.6. The van der Waals surface area contributed by atoms with Crippen molar-refractivity contribution < 1.29 is 33.6 Å². The molecule has 12 heteroatoms. The average molecular weight is 468 g/mol. The van der Waals surface area contributed by atoms with Crippen LogP contribution < -0.4 is 22.1 Å². The largest absolute Gasteiger partial charge is 0.469 e. The van der Waals surface area contributed by atoms with E-state index in [0.717, 1.165) is 11.1 Å². The molecule has 2 amide bonds. The van der Waals surface area contributed by atoms with Crippen LogP contribution >= 0.6 is 7.82 Å². The molecule has 176 valence electrons. The second-order valence-electron chi connectivity index (χ2n) is 6.90. The number of aryl methyl sites for hydroxylation is 2. The quantitative estimate of drug-likeness (QED) is 0.272. The Morgan fingerprint density at radius 1 is 0.938 bits per heavy atom. The van der Waals surface area contributed by atoms with Crippen molar-refractivity contribution >= 4 is 31.0 Å². The lowest BCUT2D eigenvalue weighted by Gasteiger charge is -2.13. The highest BCUT2D eigenvalue weighted by Gasteiger charge is 2.20. The van der Waals surface area contributed by atoms with Gasteiger partial charge >= 0.3 is 7.82 Å². The van der Waals surface area contributed by atoms with E-state index in [0.29, 0.717) is 11.4 Å². The number of rotatable bonds is 8. The van der Waals surface area contributed by atoms with Crippen LogP contribution in [-0.4, -0.2) is 52.0 Å². The molecule has 2 rings (SSSR count). The number of nitrogens with two attached hydrogens (primary N) is 2. The van der Waals surface area contributed by atoms with Crippen molar-refractivity contribution in [3.05, 3.63) is 59.7 Å². The highest BCUT2D eigenvalue weighted by molar-refractivity contribution is 7.46. The molecule has 0 aliphatic carbocycles. The zero-order valence-electron chi connectivity index (χ0n) is 17.8. The van der Waals surface area contributed by atoms with E-state index in [1.807, 2.05) is 38.1 Å². The monoisotopic (exact) mass is 468 g/mol. The third kappa shape index (κ3) is 11.1. The summed E-state index contributed by atoms with van der Waals surface area (Å²) >= 11 is 0. The number of hydrogen-bond donors (Lipinski definition) is 7. The van der Waals surface area contributed by atoms with Crippen LogP contribution in [0.3, 0.4) is 0 Å². The molecule has 32 heavy (non-hydrogen) atoms. The molecular weight excluding hydrogens is 439 g/mol. The van der Waals surface area contributed by atoms with Gasteiger partial charge in [-0.3, -0.25) is 14.1 Å². The van der Waals surface area contributed by atoms with Crippen LogP contribution in [-0.2, 0) is 18.7 Å². The minimum absolute atomic E-state index is 0.350. The highest BCUT2D eigenvalue weighted by atomic mass is 31.2. The number of amides is 2. The lowest BCUT2D eigenvalue weighted by atomic mass is 10.2. The molecule has 2 atom stereocenters. The van der Waals surface area contributed by atoms with E-state index >= 15 is 0 Å². The number of anilines is 2. The molecule has 0 aromatic heterocycles. The number of carbonyl (C=O) groups is 2. The van der Waals surface area contributed by atoms with Gasteiger partial charge in [0.2, 0.25) is 11.8 Å². The number of nitrogens with one attached hydrogen (secondary N) is 2. The summed E-state index contributed by atoms with van der Waals surface area (Å²) in [5, 5.41) is 13.8. The normalized spacial score (nSPS) is 12.7. The summed E-state index contributed by atoms with van der Waals surface area (Å²) in [6.07, 6.45) is 0. The maximum atomic E-state index is 11.6. The zero-order valence-corrected chi connectivity index (χ0v) is 18.7. The fourth-order valence-electron chi connectivity index (χ4n) is 2.25. The number of aliphatic hydroxyl groups excluding tert-OH is 1. The Hall–Kier alpha value is -2.63. The predicted molar refractivity (Wildman–Crippen MR) is 121 cm³/mol. The van der Waals surface area contributed by atoms with Crippen molar-refractivity contribution in [1.82, 2.24) is 0 Å². The number of carbonyl (C=O) groups excluding carboxylic acids is 2. The Morgan fingerprint density at radius 2 is 1.38 bits per heavy atom. The van der Waals surface area contributed by atoms with Crippen LogP contribution in [0.4, 0.5) is 11.4 Å². The number of benzene rings is 2. The summed E-state index contributed by atoms with van der Waals surface area (Å²) in [7, 11) is -4.61. The van der Waals surface area contributed by atoms with Crippen LogP contribution in [0.2, 0.25) is 0 Å². The maximum Gasteiger partial charge on any atom is 0.469 e. The molecule has 0 unspecified atom stereocenters. The minimum Gasteiger partial charge on any atom is -0.394 e. The van der Waals surface area contributed by atoms with Crippen LogP contribution in [0, 0.1) is 13.8 Å². The summed E-state index contributed by atoms with van der Waals surface area (Å²) in [4.78, 5) is 39.8. The summed E-state index contributed by atoms with van der Waals surface area (Å²) in [6, 6.07) is 12.4. The Kier molecular flexibility index (Phi) is 11.2. The smallest absolute Gasteiger partial charge is 0.394 e. The van der Waals surface area contributed by atoms with Crippen LogP contribution in [0.15, 0.2) is 48.5 Å². The summed E-state index contributed by atoms with van der Waals surface area (Å²) < 4.78 is 14.6. The van der Waals surface area contributed by atoms with E-state index in [1.165, 1.54) is 0 Å². The van der Waals surface area contributed by atoms with Gasteiger partial charge in [0.1, 0.15) is 12.1 Å². The fourth-order valence-corrected chi connectivity index (χ4v) is 2.61. The second kappa shape index (κ2) is 13.0. The standard InChI is InChI=1S/C10H15N2O5P.C10H14N2O2/c1-7-3-2-4-8(5-7)12-10(13)9(11)6-17-18(14,15)16;1-7-3-2-4-8(5-7)12-10(14)9(11)6-13/h2-5,9H,6,11H2,1H3,(H,12,13)(H2,14,15,16);2-5,9,13H,6,11H2,1H3,(H,12,14)/t2*9-/m11/s1. The molecule has 0 aliphatic rings. The van der Waals surface area contributed by atoms with Crippen molar-refractivity contribution in [2.24, 2.45) is 11.5 Å². The SMILES string of the molecule is Cc1cccc(NC(=O)[C@H](N)CO)c1.Cc1cccc(NC(=O)[C@H](N)COP(=O)(O)O)c1. The number of hydrogen-bond acceptors (Lipinski definition) is 7. The Labute approximate surface area is 186 Å². The average Bonchev–Trinajstić information content (AvgIpc) is 2.71. The van der Waals surface area contributed by atoms with Gasteiger partial charge in [-0.1, -0.05) is 24.3 Å². The molecule has 0 fully saturated rings. The van der Waals surface area contributed by atoms with Crippen LogP contribution in [0.1, 0.15) is 11.1 Å². The lowest BCUT2D eigenvalue weighted by Crippen LogP contribution is -2.39. The molecule has 0 bridgehead atoms. The molecular formula is C20H29N4O7P. The van der Waals surface area contributed by atoms with E-state index in [2.05, 4.69) is 15.2 Å².